The van der Waals surface area contributed by atoms with E-state index in [9.17, 15) is 4.79 Å². The third kappa shape index (κ3) is 3.92. The van der Waals surface area contributed by atoms with Crippen LogP contribution in [0.5, 0.6) is 0 Å². The Hall–Kier alpha value is -0.680. The van der Waals surface area contributed by atoms with Gasteiger partial charge in [0.05, 0.1) is 23.6 Å². The van der Waals surface area contributed by atoms with Crippen LogP contribution in [0, 0.1) is 0 Å². The Balaban J connectivity index is 2.54. The van der Waals surface area contributed by atoms with Gasteiger partial charge in [0.25, 0.3) is 0 Å². The van der Waals surface area contributed by atoms with Crippen LogP contribution in [0.15, 0.2) is 0 Å². The Morgan fingerprint density at radius 2 is 2.18 bits per heavy atom. The molecule has 0 heterocycles. The SMILES string of the molecule is CCCN(CC(N)=S)C(=O)CC1(OC)CCC1. The largest absolute Gasteiger partial charge is 0.392 e. The normalized spacial score (nSPS) is 17.3. The minimum Gasteiger partial charge on any atom is -0.392 e. The summed E-state index contributed by atoms with van der Waals surface area (Å²) in [5.74, 6) is 0.0983. The predicted octanol–water partition coefficient (Wildman–Crippen LogP) is 1.47. The van der Waals surface area contributed by atoms with E-state index in [0.717, 1.165) is 25.7 Å². The summed E-state index contributed by atoms with van der Waals surface area (Å²) in [6, 6.07) is 0. The van der Waals surface area contributed by atoms with Gasteiger partial charge < -0.3 is 15.4 Å². The number of rotatable bonds is 7. The second kappa shape index (κ2) is 6.31. The van der Waals surface area contributed by atoms with Gasteiger partial charge in [0.1, 0.15) is 0 Å². The van der Waals surface area contributed by atoms with Gasteiger partial charge >= 0.3 is 0 Å². The van der Waals surface area contributed by atoms with Gasteiger partial charge in [-0.05, 0) is 25.7 Å². The smallest absolute Gasteiger partial charge is 0.225 e. The summed E-state index contributed by atoms with van der Waals surface area (Å²) in [7, 11) is 1.68. The van der Waals surface area contributed by atoms with E-state index in [1.54, 1.807) is 12.0 Å². The maximum Gasteiger partial charge on any atom is 0.225 e. The van der Waals surface area contributed by atoms with Gasteiger partial charge in [0, 0.05) is 13.7 Å². The quantitative estimate of drug-likeness (QED) is 0.703. The van der Waals surface area contributed by atoms with Gasteiger partial charge in [0.2, 0.25) is 5.91 Å². The van der Waals surface area contributed by atoms with Gasteiger partial charge in [-0.1, -0.05) is 19.1 Å². The molecule has 0 bridgehead atoms. The molecule has 0 aliphatic heterocycles. The van der Waals surface area contributed by atoms with E-state index < -0.39 is 0 Å². The van der Waals surface area contributed by atoms with Crippen LogP contribution in [-0.4, -0.2) is 41.6 Å². The molecule has 0 spiro atoms. The van der Waals surface area contributed by atoms with Crippen molar-refractivity contribution in [1.29, 1.82) is 0 Å². The first-order valence-corrected chi connectivity index (χ1v) is 6.55. The number of nitrogens with zero attached hydrogens (tertiary/aromatic N) is 1. The molecule has 0 radical (unpaired) electrons. The molecule has 17 heavy (non-hydrogen) atoms. The number of ether oxygens (including phenoxy) is 1. The Kier molecular flexibility index (Phi) is 5.33. The van der Waals surface area contributed by atoms with Gasteiger partial charge in [-0.3, -0.25) is 4.79 Å². The molecule has 0 atom stereocenters. The zero-order valence-electron chi connectivity index (χ0n) is 10.7. The van der Waals surface area contributed by atoms with E-state index in [1.165, 1.54) is 0 Å². The fourth-order valence-corrected chi connectivity index (χ4v) is 2.32. The van der Waals surface area contributed by atoms with Crippen LogP contribution >= 0.6 is 12.2 Å². The van der Waals surface area contributed by atoms with Gasteiger partial charge in [-0.25, -0.2) is 0 Å². The monoisotopic (exact) mass is 258 g/mol. The minimum atomic E-state index is -0.223. The molecule has 1 rings (SSSR count). The standard InChI is InChI=1S/C12H22N2O2S/c1-3-7-14(9-10(13)17)11(15)8-12(16-2)5-4-6-12/h3-9H2,1-2H3,(H2,13,17). The molecule has 0 saturated heterocycles. The average molecular weight is 258 g/mol. The summed E-state index contributed by atoms with van der Waals surface area (Å²) in [6.07, 6.45) is 4.45. The summed E-state index contributed by atoms with van der Waals surface area (Å²) in [5, 5.41) is 0. The Labute approximate surface area is 108 Å². The van der Waals surface area contributed by atoms with E-state index >= 15 is 0 Å². The second-order valence-electron chi connectivity index (χ2n) is 4.70. The highest BCUT2D eigenvalue weighted by Crippen LogP contribution is 2.38. The number of nitrogens with two attached hydrogens (primary N) is 1. The predicted molar refractivity (Wildman–Crippen MR) is 71.9 cm³/mol. The lowest BCUT2D eigenvalue weighted by atomic mass is 9.77. The highest BCUT2D eigenvalue weighted by atomic mass is 32.1. The summed E-state index contributed by atoms with van der Waals surface area (Å²) in [4.78, 5) is 14.3. The van der Waals surface area contributed by atoms with Gasteiger partial charge in [0.15, 0.2) is 0 Å². The molecule has 1 aliphatic rings. The van der Waals surface area contributed by atoms with E-state index in [0.29, 0.717) is 24.5 Å². The molecule has 0 aromatic heterocycles. The first-order chi connectivity index (χ1) is 8.03. The van der Waals surface area contributed by atoms with E-state index in [2.05, 4.69) is 0 Å². The molecule has 1 fully saturated rings. The maximum atomic E-state index is 12.2. The Bertz CT molecular complexity index is 285. The van der Waals surface area contributed by atoms with Crippen molar-refractivity contribution in [3.05, 3.63) is 0 Å². The highest BCUT2D eigenvalue weighted by molar-refractivity contribution is 7.80. The summed E-state index contributed by atoms with van der Waals surface area (Å²) in [6.45, 7) is 3.12. The van der Waals surface area contributed by atoms with Crippen molar-refractivity contribution in [3.8, 4) is 0 Å². The summed E-state index contributed by atoms with van der Waals surface area (Å²) >= 11 is 4.87. The number of thiocarbonyl (C=S) groups is 1. The molecule has 1 aliphatic carbocycles. The van der Waals surface area contributed by atoms with Gasteiger partial charge in [-0.2, -0.15) is 0 Å². The molecule has 5 heteroatoms. The zero-order valence-corrected chi connectivity index (χ0v) is 11.5. The van der Waals surface area contributed by atoms with Gasteiger partial charge in [-0.15, -0.1) is 0 Å². The zero-order chi connectivity index (χ0) is 12.9. The lowest BCUT2D eigenvalue weighted by Gasteiger charge is -2.41. The molecular formula is C12H22N2O2S. The fraction of sp³-hybridized carbons (Fsp3) is 0.833. The van der Waals surface area contributed by atoms with E-state index in [-0.39, 0.29) is 11.5 Å². The Morgan fingerprint density at radius 1 is 1.53 bits per heavy atom. The first kappa shape index (κ1) is 14.4. The average Bonchev–Trinajstić information content (AvgIpc) is 2.22. The number of methoxy groups -OCH3 is 1. The third-order valence-electron chi connectivity index (χ3n) is 3.36. The van der Waals surface area contributed by atoms with Crippen molar-refractivity contribution in [3.63, 3.8) is 0 Å². The topological polar surface area (TPSA) is 55.6 Å². The lowest BCUT2D eigenvalue weighted by molar-refractivity contribution is -0.143. The number of amides is 1. The highest BCUT2D eigenvalue weighted by Gasteiger charge is 2.39. The van der Waals surface area contributed by atoms with Crippen LogP contribution in [0.3, 0.4) is 0 Å². The van der Waals surface area contributed by atoms with E-state index in [4.69, 9.17) is 22.7 Å². The van der Waals surface area contributed by atoms with Crippen LogP contribution < -0.4 is 5.73 Å². The van der Waals surface area contributed by atoms with Crippen molar-refractivity contribution >= 4 is 23.1 Å². The fourth-order valence-electron chi connectivity index (χ4n) is 2.16. The van der Waals surface area contributed by atoms with Crippen molar-refractivity contribution in [1.82, 2.24) is 4.90 Å². The van der Waals surface area contributed by atoms with Crippen molar-refractivity contribution < 1.29 is 9.53 Å². The molecule has 98 valence electrons. The van der Waals surface area contributed by atoms with Crippen LogP contribution in [-0.2, 0) is 9.53 Å². The third-order valence-corrected chi connectivity index (χ3v) is 3.49. The second-order valence-corrected chi connectivity index (χ2v) is 5.22. The molecule has 0 aromatic rings. The molecule has 4 nitrogen and oxygen atoms in total. The number of carbonyl (C=O) groups is 1. The molecule has 0 aromatic carbocycles. The van der Waals surface area contributed by atoms with Crippen molar-refractivity contribution in [2.45, 2.75) is 44.6 Å². The first-order valence-electron chi connectivity index (χ1n) is 6.14. The molecule has 1 saturated carbocycles. The molecule has 0 unspecified atom stereocenters. The number of hydrogen-bond acceptors (Lipinski definition) is 3. The van der Waals surface area contributed by atoms with Crippen LogP contribution in [0.2, 0.25) is 0 Å². The number of carbonyl (C=O) groups excluding carboxylic acids is 1. The molecule has 1 amide bonds. The number of hydrogen-bond donors (Lipinski definition) is 1. The van der Waals surface area contributed by atoms with Crippen LogP contribution in [0.4, 0.5) is 0 Å². The van der Waals surface area contributed by atoms with Crippen molar-refractivity contribution in [2.24, 2.45) is 5.73 Å². The summed E-state index contributed by atoms with van der Waals surface area (Å²) < 4.78 is 5.47. The van der Waals surface area contributed by atoms with Crippen LogP contribution in [0.25, 0.3) is 0 Å². The lowest BCUT2D eigenvalue weighted by Crippen LogP contribution is -2.46. The summed E-state index contributed by atoms with van der Waals surface area (Å²) in [5.41, 5.74) is 5.29. The van der Waals surface area contributed by atoms with Crippen molar-refractivity contribution in [2.75, 3.05) is 20.2 Å². The molecular weight excluding hydrogens is 236 g/mol. The van der Waals surface area contributed by atoms with Crippen LogP contribution in [0.1, 0.15) is 39.0 Å². The molecule has 2 N–H and O–H groups in total. The van der Waals surface area contributed by atoms with E-state index in [1.807, 2.05) is 6.92 Å². The minimum absolute atomic E-state index is 0.0983. The maximum absolute atomic E-state index is 12.2. The Morgan fingerprint density at radius 3 is 2.53 bits per heavy atom.